The fourth-order valence-electron chi connectivity index (χ4n) is 3.77. The predicted octanol–water partition coefficient (Wildman–Crippen LogP) is 4.66. The molecule has 0 bridgehead atoms. The van der Waals surface area contributed by atoms with Crippen molar-refractivity contribution in [3.05, 3.63) is 97.1 Å². The van der Waals surface area contributed by atoms with E-state index in [4.69, 9.17) is 0 Å². The number of carboxylic acid groups (broad SMARTS) is 1. The molecular weight excluding hydrogens is 464 g/mol. The summed E-state index contributed by atoms with van der Waals surface area (Å²) in [5.74, 6) is -1.76. The average molecular weight is 489 g/mol. The van der Waals surface area contributed by atoms with Crippen molar-refractivity contribution in [2.24, 2.45) is 0 Å². The van der Waals surface area contributed by atoms with Gasteiger partial charge >= 0.3 is 5.97 Å². The van der Waals surface area contributed by atoms with Gasteiger partial charge in [-0.3, -0.25) is 9.59 Å². The van der Waals surface area contributed by atoms with Crippen molar-refractivity contribution in [2.45, 2.75) is 23.8 Å². The van der Waals surface area contributed by atoms with Crippen LogP contribution < -0.4 is 10.0 Å². The van der Waals surface area contributed by atoms with Crippen LogP contribution in [0.3, 0.4) is 0 Å². The number of carbonyl (C=O) groups is 2. The molecule has 0 aliphatic rings. The standard InChI is InChI=1S/C27H24N2O5S/c30-26(28-24-12-6-10-21-9-4-5-11-23(21)24)18-17-25(27(31)32)29-35(33,34)22-15-13-20(14-16-22)19-7-2-1-3-8-19/h1-16,25,29H,17-18H2,(H,28,30)(H,31,32). The summed E-state index contributed by atoms with van der Waals surface area (Å²) < 4.78 is 27.8. The molecule has 4 rings (SSSR count). The number of benzene rings is 4. The van der Waals surface area contributed by atoms with E-state index in [0.29, 0.717) is 5.69 Å². The van der Waals surface area contributed by atoms with Crippen LogP contribution in [0.2, 0.25) is 0 Å². The monoisotopic (exact) mass is 488 g/mol. The second-order valence-corrected chi connectivity index (χ2v) is 9.73. The molecule has 0 aliphatic heterocycles. The molecule has 0 heterocycles. The van der Waals surface area contributed by atoms with Gasteiger partial charge in [-0.05, 0) is 41.1 Å². The van der Waals surface area contributed by atoms with Gasteiger partial charge in [0.05, 0.1) is 4.90 Å². The third-order valence-corrected chi connectivity index (χ3v) is 7.08. The van der Waals surface area contributed by atoms with Crippen molar-refractivity contribution in [3.8, 4) is 11.1 Å². The highest BCUT2D eigenvalue weighted by Crippen LogP contribution is 2.24. The molecule has 1 unspecified atom stereocenters. The highest BCUT2D eigenvalue weighted by molar-refractivity contribution is 7.89. The van der Waals surface area contributed by atoms with Gasteiger partial charge in [-0.25, -0.2) is 8.42 Å². The van der Waals surface area contributed by atoms with Gasteiger partial charge in [-0.1, -0.05) is 78.9 Å². The maximum absolute atomic E-state index is 12.8. The lowest BCUT2D eigenvalue weighted by atomic mass is 10.1. The number of hydrogen-bond donors (Lipinski definition) is 3. The van der Waals surface area contributed by atoms with E-state index in [1.54, 1.807) is 18.2 Å². The van der Waals surface area contributed by atoms with E-state index >= 15 is 0 Å². The summed E-state index contributed by atoms with van der Waals surface area (Å²) in [6.45, 7) is 0. The molecule has 1 atom stereocenters. The number of fused-ring (bicyclic) bond motifs is 1. The minimum Gasteiger partial charge on any atom is -0.480 e. The Balaban J connectivity index is 1.41. The zero-order valence-corrected chi connectivity index (χ0v) is 19.5. The van der Waals surface area contributed by atoms with Crippen molar-refractivity contribution in [1.29, 1.82) is 0 Å². The van der Waals surface area contributed by atoms with Gasteiger partial charge in [0.15, 0.2) is 0 Å². The lowest BCUT2D eigenvalue weighted by Gasteiger charge is -2.15. The Kier molecular flexibility index (Phi) is 7.24. The van der Waals surface area contributed by atoms with Crippen molar-refractivity contribution in [2.75, 3.05) is 5.32 Å². The number of rotatable bonds is 9. The summed E-state index contributed by atoms with van der Waals surface area (Å²) in [5, 5.41) is 14.2. The van der Waals surface area contributed by atoms with Crippen LogP contribution >= 0.6 is 0 Å². The number of hydrogen-bond acceptors (Lipinski definition) is 4. The van der Waals surface area contributed by atoms with Gasteiger partial charge < -0.3 is 10.4 Å². The van der Waals surface area contributed by atoms with Crippen molar-refractivity contribution < 1.29 is 23.1 Å². The molecule has 178 valence electrons. The largest absolute Gasteiger partial charge is 0.480 e. The number of carbonyl (C=O) groups excluding carboxylic acids is 1. The fraction of sp³-hybridized carbons (Fsp3) is 0.111. The van der Waals surface area contributed by atoms with Crippen LogP contribution in [-0.4, -0.2) is 31.4 Å². The van der Waals surface area contributed by atoms with E-state index in [-0.39, 0.29) is 17.7 Å². The van der Waals surface area contributed by atoms with E-state index in [0.717, 1.165) is 21.9 Å². The quantitative estimate of drug-likeness (QED) is 0.317. The molecule has 0 radical (unpaired) electrons. The van der Waals surface area contributed by atoms with Crippen LogP contribution in [0.25, 0.3) is 21.9 Å². The Morgan fingerprint density at radius 1 is 0.771 bits per heavy atom. The molecule has 0 saturated carbocycles. The molecule has 0 spiro atoms. The van der Waals surface area contributed by atoms with Gasteiger partial charge in [-0.2, -0.15) is 4.72 Å². The lowest BCUT2D eigenvalue weighted by Crippen LogP contribution is -2.41. The summed E-state index contributed by atoms with van der Waals surface area (Å²) in [4.78, 5) is 24.2. The van der Waals surface area contributed by atoms with Crippen LogP contribution in [0.5, 0.6) is 0 Å². The molecule has 0 fully saturated rings. The molecule has 0 aromatic heterocycles. The van der Waals surface area contributed by atoms with Crippen LogP contribution in [0.1, 0.15) is 12.8 Å². The highest BCUT2D eigenvalue weighted by Gasteiger charge is 2.26. The molecule has 0 aliphatic carbocycles. The SMILES string of the molecule is O=C(CCC(NS(=O)(=O)c1ccc(-c2ccccc2)cc1)C(=O)O)Nc1cccc2ccccc12. The van der Waals surface area contributed by atoms with E-state index < -0.39 is 27.9 Å². The number of carboxylic acids is 1. The van der Waals surface area contributed by atoms with E-state index in [1.807, 2.05) is 66.7 Å². The van der Waals surface area contributed by atoms with Crippen molar-refractivity contribution in [1.82, 2.24) is 4.72 Å². The van der Waals surface area contributed by atoms with Crippen molar-refractivity contribution in [3.63, 3.8) is 0 Å². The highest BCUT2D eigenvalue weighted by atomic mass is 32.2. The zero-order chi connectivity index (χ0) is 24.8. The molecule has 4 aromatic rings. The third kappa shape index (κ3) is 5.92. The molecule has 0 saturated heterocycles. The average Bonchev–Trinajstić information content (AvgIpc) is 2.87. The normalized spacial score (nSPS) is 12.2. The van der Waals surface area contributed by atoms with Gasteiger partial charge in [-0.15, -0.1) is 0 Å². The molecule has 1 amide bonds. The topological polar surface area (TPSA) is 113 Å². The fourth-order valence-corrected chi connectivity index (χ4v) is 4.99. The van der Waals surface area contributed by atoms with E-state index in [1.165, 1.54) is 12.1 Å². The van der Waals surface area contributed by atoms with E-state index in [9.17, 15) is 23.1 Å². The summed E-state index contributed by atoms with van der Waals surface area (Å²) in [5.41, 5.74) is 2.38. The molecular formula is C27H24N2O5S. The van der Waals surface area contributed by atoms with Crippen LogP contribution in [0.15, 0.2) is 102 Å². The number of nitrogens with one attached hydrogen (secondary N) is 2. The maximum atomic E-state index is 12.8. The van der Waals surface area contributed by atoms with Crippen LogP contribution in [-0.2, 0) is 19.6 Å². The van der Waals surface area contributed by atoms with Gasteiger partial charge in [0.1, 0.15) is 6.04 Å². The molecule has 8 heteroatoms. The van der Waals surface area contributed by atoms with Gasteiger partial charge in [0, 0.05) is 17.5 Å². The smallest absolute Gasteiger partial charge is 0.321 e. The summed E-state index contributed by atoms with van der Waals surface area (Å²) in [6.07, 6.45) is -0.372. The molecule has 4 aromatic carbocycles. The van der Waals surface area contributed by atoms with Gasteiger partial charge in [0.25, 0.3) is 0 Å². The minimum absolute atomic E-state index is 0.0522. The molecule has 35 heavy (non-hydrogen) atoms. The zero-order valence-electron chi connectivity index (χ0n) is 18.7. The predicted molar refractivity (Wildman–Crippen MR) is 135 cm³/mol. The number of sulfonamides is 1. The summed E-state index contributed by atoms with van der Waals surface area (Å²) >= 11 is 0. The van der Waals surface area contributed by atoms with Crippen LogP contribution in [0, 0.1) is 0 Å². The first kappa shape index (κ1) is 24.1. The number of anilines is 1. The summed E-state index contributed by atoms with van der Waals surface area (Å²) in [7, 11) is -4.10. The Bertz CT molecular complexity index is 1450. The first-order chi connectivity index (χ1) is 16.8. The Morgan fingerprint density at radius 3 is 2.11 bits per heavy atom. The third-order valence-electron chi connectivity index (χ3n) is 5.59. The Hall–Kier alpha value is -4.01. The summed E-state index contributed by atoms with van der Waals surface area (Å²) in [6, 6.07) is 27.3. The minimum atomic E-state index is -4.10. The van der Waals surface area contributed by atoms with Crippen molar-refractivity contribution >= 4 is 38.4 Å². The van der Waals surface area contributed by atoms with E-state index in [2.05, 4.69) is 10.0 Å². The Morgan fingerprint density at radius 2 is 1.40 bits per heavy atom. The molecule has 7 nitrogen and oxygen atoms in total. The second-order valence-electron chi connectivity index (χ2n) is 8.02. The second kappa shape index (κ2) is 10.5. The number of amides is 1. The Labute approximate surface area is 203 Å². The van der Waals surface area contributed by atoms with Gasteiger partial charge in [0.2, 0.25) is 15.9 Å². The van der Waals surface area contributed by atoms with Crippen LogP contribution in [0.4, 0.5) is 5.69 Å². The first-order valence-corrected chi connectivity index (χ1v) is 12.5. The molecule has 3 N–H and O–H groups in total. The number of aliphatic carboxylic acids is 1. The first-order valence-electron chi connectivity index (χ1n) is 11.0. The lowest BCUT2D eigenvalue weighted by molar-refractivity contribution is -0.139. The maximum Gasteiger partial charge on any atom is 0.321 e.